The van der Waals surface area contributed by atoms with Gasteiger partial charge < -0.3 is 4.52 Å². The van der Waals surface area contributed by atoms with Crippen molar-refractivity contribution in [3.05, 3.63) is 22.2 Å². The second kappa shape index (κ2) is 4.49. The van der Waals surface area contributed by atoms with E-state index in [0.717, 1.165) is 18.6 Å². The highest BCUT2D eigenvalue weighted by Crippen LogP contribution is 2.27. The zero-order chi connectivity index (χ0) is 10.6. The summed E-state index contributed by atoms with van der Waals surface area (Å²) in [4.78, 5) is 10.8. The largest absolute Gasteiger partial charge is 0.384 e. The number of nitrogens with one attached hydrogen (secondary N) is 1. The summed E-state index contributed by atoms with van der Waals surface area (Å²) >= 11 is 0. The Morgan fingerprint density at radius 3 is 2.64 bits per heavy atom. The number of rotatable bonds is 5. The molecule has 14 heavy (non-hydrogen) atoms. The van der Waals surface area contributed by atoms with Crippen LogP contribution in [0.4, 0.5) is 0 Å². The lowest BCUT2D eigenvalue weighted by Crippen LogP contribution is -2.11. The molecule has 0 saturated carbocycles. The highest BCUT2D eigenvalue weighted by atomic mass is 16.5. The van der Waals surface area contributed by atoms with Crippen molar-refractivity contribution in [3.8, 4) is 0 Å². The van der Waals surface area contributed by atoms with Crippen LogP contribution in [0.3, 0.4) is 0 Å². The van der Waals surface area contributed by atoms with Gasteiger partial charge in [0.15, 0.2) is 0 Å². The van der Waals surface area contributed by atoms with Gasteiger partial charge in [0.1, 0.15) is 5.76 Å². The van der Waals surface area contributed by atoms with Gasteiger partial charge in [0.25, 0.3) is 5.56 Å². The number of aromatic amines is 1. The minimum atomic E-state index is -0.145. The van der Waals surface area contributed by atoms with Crippen LogP contribution in [-0.4, -0.2) is 5.16 Å². The van der Waals surface area contributed by atoms with Crippen LogP contribution in [0.5, 0.6) is 0 Å². The van der Waals surface area contributed by atoms with E-state index in [-0.39, 0.29) is 5.56 Å². The molecule has 0 amide bonds. The molecule has 0 aliphatic rings. The molecule has 1 rings (SSSR count). The van der Waals surface area contributed by atoms with Crippen LogP contribution in [0.2, 0.25) is 0 Å². The van der Waals surface area contributed by atoms with Gasteiger partial charge in [0.05, 0.1) is 0 Å². The Bertz CT molecular complexity index is 322. The maximum absolute atomic E-state index is 10.8. The molecule has 3 heteroatoms. The Morgan fingerprint density at radius 2 is 2.14 bits per heavy atom. The van der Waals surface area contributed by atoms with Crippen molar-refractivity contribution in [2.45, 2.75) is 46.5 Å². The predicted octanol–water partition coefficient (Wildman–Crippen LogP) is 2.73. The van der Waals surface area contributed by atoms with Gasteiger partial charge in [-0.25, -0.2) is 0 Å². The molecule has 0 saturated heterocycles. The maximum atomic E-state index is 10.8. The number of hydrogen-bond acceptors (Lipinski definition) is 2. The third-order valence-electron chi connectivity index (χ3n) is 2.55. The van der Waals surface area contributed by atoms with E-state index in [1.807, 2.05) is 0 Å². The van der Waals surface area contributed by atoms with E-state index < -0.39 is 0 Å². The standard InChI is InChI=1S/C11H19NO2/c1-4-6-11(2,3)7-5-9-8-10(13)12-14-9/h8H,4-7H2,1-3H3,(H,12,13). The first-order valence-electron chi connectivity index (χ1n) is 5.21. The van der Waals surface area contributed by atoms with Crippen LogP contribution < -0.4 is 5.56 Å². The van der Waals surface area contributed by atoms with E-state index in [1.165, 1.54) is 18.9 Å². The fourth-order valence-corrected chi connectivity index (χ4v) is 1.71. The van der Waals surface area contributed by atoms with Crippen LogP contribution in [0.25, 0.3) is 0 Å². The Kier molecular flexibility index (Phi) is 3.55. The lowest BCUT2D eigenvalue weighted by atomic mass is 9.83. The van der Waals surface area contributed by atoms with E-state index in [4.69, 9.17) is 4.52 Å². The van der Waals surface area contributed by atoms with Gasteiger partial charge in [-0.15, -0.1) is 0 Å². The molecule has 1 aromatic heterocycles. The van der Waals surface area contributed by atoms with Crippen molar-refractivity contribution in [1.29, 1.82) is 0 Å². The van der Waals surface area contributed by atoms with Crippen molar-refractivity contribution < 1.29 is 4.52 Å². The molecule has 0 radical (unpaired) electrons. The van der Waals surface area contributed by atoms with Crippen LogP contribution in [-0.2, 0) is 6.42 Å². The topological polar surface area (TPSA) is 46.0 Å². The average molecular weight is 197 g/mol. The number of hydrogen-bond donors (Lipinski definition) is 1. The molecule has 0 unspecified atom stereocenters. The van der Waals surface area contributed by atoms with E-state index in [1.54, 1.807) is 0 Å². The van der Waals surface area contributed by atoms with Crippen LogP contribution >= 0.6 is 0 Å². The van der Waals surface area contributed by atoms with Gasteiger partial charge in [-0.1, -0.05) is 27.2 Å². The molecule has 0 atom stereocenters. The number of aromatic nitrogens is 1. The fraction of sp³-hybridized carbons (Fsp3) is 0.727. The predicted molar refractivity (Wildman–Crippen MR) is 56.3 cm³/mol. The molecule has 1 heterocycles. The summed E-state index contributed by atoms with van der Waals surface area (Å²) in [6.45, 7) is 6.70. The van der Waals surface area contributed by atoms with Crippen LogP contribution in [0, 0.1) is 5.41 Å². The van der Waals surface area contributed by atoms with Gasteiger partial charge >= 0.3 is 0 Å². The zero-order valence-corrected chi connectivity index (χ0v) is 9.22. The third kappa shape index (κ3) is 3.40. The first-order valence-corrected chi connectivity index (χ1v) is 5.21. The monoisotopic (exact) mass is 197 g/mol. The minimum Gasteiger partial charge on any atom is -0.384 e. The Labute approximate surface area is 84.5 Å². The molecule has 3 nitrogen and oxygen atoms in total. The summed E-state index contributed by atoms with van der Waals surface area (Å²) in [5, 5.41) is 2.31. The lowest BCUT2D eigenvalue weighted by molar-refractivity contribution is 0.285. The van der Waals surface area contributed by atoms with Gasteiger partial charge in [0.2, 0.25) is 0 Å². The highest BCUT2D eigenvalue weighted by molar-refractivity contribution is 4.94. The second-order valence-corrected chi connectivity index (χ2v) is 4.59. The Hall–Kier alpha value is -0.990. The van der Waals surface area contributed by atoms with Crippen molar-refractivity contribution in [1.82, 2.24) is 5.16 Å². The maximum Gasteiger partial charge on any atom is 0.280 e. The Morgan fingerprint density at radius 1 is 1.43 bits per heavy atom. The van der Waals surface area contributed by atoms with Crippen LogP contribution in [0.1, 0.15) is 45.8 Å². The quantitative estimate of drug-likeness (QED) is 0.788. The van der Waals surface area contributed by atoms with E-state index in [0.29, 0.717) is 5.41 Å². The molecule has 1 aromatic rings. The first kappa shape index (κ1) is 11.1. The molecule has 80 valence electrons. The van der Waals surface area contributed by atoms with Crippen molar-refractivity contribution in [2.24, 2.45) is 5.41 Å². The average Bonchev–Trinajstić information content (AvgIpc) is 2.48. The molecular formula is C11H19NO2. The minimum absolute atomic E-state index is 0.145. The van der Waals surface area contributed by atoms with E-state index >= 15 is 0 Å². The van der Waals surface area contributed by atoms with E-state index in [9.17, 15) is 4.79 Å². The summed E-state index contributed by atoms with van der Waals surface area (Å²) in [7, 11) is 0. The SMILES string of the molecule is CCCC(C)(C)CCc1cc(=O)[nH]o1. The molecule has 0 spiro atoms. The normalized spacial score (nSPS) is 11.9. The molecule has 0 fully saturated rings. The summed E-state index contributed by atoms with van der Waals surface area (Å²) in [6, 6.07) is 1.53. The fourth-order valence-electron chi connectivity index (χ4n) is 1.71. The molecule has 1 N–H and O–H groups in total. The van der Waals surface area contributed by atoms with E-state index in [2.05, 4.69) is 25.9 Å². The summed E-state index contributed by atoms with van der Waals surface area (Å²) < 4.78 is 5.00. The summed E-state index contributed by atoms with van der Waals surface area (Å²) in [6.07, 6.45) is 4.30. The molecule has 0 bridgehead atoms. The molecule has 0 aliphatic carbocycles. The zero-order valence-electron chi connectivity index (χ0n) is 9.22. The van der Waals surface area contributed by atoms with Gasteiger partial charge in [-0.05, 0) is 18.3 Å². The smallest absolute Gasteiger partial charge is 0.280 e. The molecule has 0 aliphatic heterocycles. The van der Waals surface area contributed by atoms with Gasteiger partial charge in [-0.3, -0.25) is 4.79 Å². The highest BCUT2D eigenvalue weighted by Gasteiger charge is 2.17. The van der Waals surface area contributed by atoms with Crippen LogP contribution in [0.15, 0.2) is 15.4 Å². The van der Waals surface area contributed by atoms with Gasteiger partial charge in [0, 0.05) is 12.5 Å². The third-order valence-corrected chi connectivity index (χ3v) is 2.55. The first-order chi connectivity index (χ1) is 6.53. The van der Waals surface area contributed by atoms with Crippen molar-refractivity contribution in [2.75, 3.05) is 0 Å². The summed E-state index contributed by atoms with van der Waals surface area (Å²) in [5.74, 6) is 0.763. The summed E-state index contributed by atoms with van der Waals surface area (Å²) in [5.41, 5.74) is 0.193. The second-order valence-electron chi connectivity index (χ2n) is 4.59. The Balaban J connectivity index is 2.44. The van der Waals surface area contributed by atoms with Crippen molar-refractivity contribution >= 4 is 0 Å². The lowest BCUT2D eigenvalue weighted by Gasteiger charge is -2.22. The number of H-pyrrole nitrogens is 1. The van der Waals surface area contributed by atoms with Crippen molar-refractivity contribution in [3.63, 3.8) is 0 Å². The van der Waals surface area contributed by atoms with Gasteiger partial charge in [-0.2, -0.15) is 5.16 Å². The molecule has 0 aromatic carbocycles. The molecular weight excluding hydrogens is 178 g/mol. The number of aryl methyl sites for hydroxylation is 1.